The summed E-state index contributed by atoms with van der Waals surface area (Å²) in [5.74, 6) is 0.00941. The van der Waals surface area contributed by atoms with E-state index >= 15 is 0 Å². The molecule has 20 heavy (non-hydrogen) atoms. The summed E-state index contributed by atoms with van der Waals surface area (Å²) in [7, 11) is -3.67. The third-order valence-electron chi connectivity index (χ3n) is 3.18. The molecule has 114 valence electrons. The predicted octanol–water partition coefficient (Wildman–Crippen LogP) is 3.03. The molecule has 3 atom stereocenters. The third-order valence-corrected chi connectivity index (χ3v) is 6.37. The molecule has 0 bridgehead atoms. The average Bonchev–Trinajstić information content (AvgIpc) is 2.83. The largest absolute Gasteiger partial charge is 0.391 e. The Kier molecular flexibility index (Phi) is 6.68. The van der Waals surface area contributed by atoms with Gasteiger partial charge >= 0.3 is 0 Å². The Morgan fingerprint density at radius 1 is 1.55 bits per heavy atom. The van der Waals surface area contributed by atoms with Gasteiger partial charge in [-0.3, -0.25) is 0 Å². The second-order valence-corrected chi connectivity index (χ2v) is 8.34. The Hall–Kier alpha value is -0.400. The van der Waals surface area contributed by atoms with E-state index in [0.717, 1.165) is 17.8 Å². The van der Waals surface area contributed by atoms with Gasteiger partial charge in [-0.15, -0.1) is 17.9 Å². The molecule has 0 aliphatic heterocycles. The van der Waals surface area contributed by atoms with Crippen LogP contribution < -0.4 is 4.72 Å². The van der Waals surface area contributed by atoms with Crippen LogP contribution in [0.25, 0.3) is 0 Å². The monoisotopic (exact) mass is 337 g/mol. The molecular weight excluding hydrogens is 318 g/mol. The zero-order chi connectivity index (χ0) is 15.3. The van der Waals surface area contributed by atoms with Gasteiger partial charge in [-0.1, -0.05) is 37.9 Å². The normalized spacial score (nSPS) is 16.6. The lowest BCUT2D eigenvalue weighted by atomic mass is 9.94. The predicted molar refractivity (Wildman–Crippen MR) is 83.7 cm³/mol. The van der Waals surface area contributed by atoms with Crippen molar-refractivity contribution >= 4 is 33.0 Å². The first-order chi connectivity index (χ1) is 9.31. The van der Waals surface area contributed by atoms with Crippen molar-refractivity contribution in [3.8, 4) is 0 Å². The standard InChI is InChI=1S/C13H20ClNO3S2/c1-4-6-10(16)13(9(3)5-2)15-20(17,18)12-8-7-11(14)19-12/h4,7-10,13,15-16H,1,5-6H2,2-3H3/t9-,10+,13-/m0/s1. The van der Waals surface area contributed by atoms with Gasteiger partial charge in [0.05, 0.1) is 16.5 Å². The first-order valence-electron chi connectivity index (χ1n) is 6.38. The van der Waals surface area contributed by atoms with Gasteiger partial charge in [0.1, 0.15) is 4.21 Å². The molecule has 1 heterocycles. The number of rotatable bonds is 8. The highest BCUT2D eigenvalue weighted by Gasteiger charge is 2.29. The van der Waals surface area contributed by atoms with E-state index in [4.69, 9.17) is 11.6 Å². The number of thiophene rings is 1. The summed E-state index contributed by atoms with van der Waals surface area (Å²) in [6, 6.07) is 2.45. The summed E-state index contributed by atoms with van der Waals surface area (Å²) in [4.78, 5) is 0. The van der Waals surface area contributed by atoms with Crippen LogP contribution in [0.1, 0.15) is 26.7 Å². The lowest BCUT2D eigenvalue weighted by Crippen LogP contribution is -2.46. The van der Waals surface area contributed by atoms with Gasteiger partial charge in [-0.05, 0) is 24.5 Å². The molecule has 0 aliphatic carbocycles. The number of halogens is 1. The van der Waals surface area contributed by atoms with Crippen LogP contribution in [0, 0.1) is 5.92 Å². The van der Waals surface area contributed by atoms with Crippen LogP contribution in [-0.2, 0) is 10.0 Å². The van der Waals surface area contributed by atoms with E-state index in [1.165, 1.54) is 6.07 Å². The molecular formula is C13H20ClNO3S2. The van der Waals surface area contributed by atoms with E-state index < -0.39 is 22.2 Å². The molecule has 0 aromatic carbocycles. The van der Waals surface area contributed by atoms with Crippen molar-refractivity contribution in [3.63, 3.8) is 0 Å². The molecule has 0 saturated heterocycles. The lowest BCUT2D eigenvalue weighted by molar-refractivity contribution is 0.114. The van der Waals surface area contributed by atoms with E-state index in [9.17, 15) is 13.5 Å². The molecule has 7 heteroatoms. The summed E-state index contributed by atoms with van der Waals surface area (Å²) in [6.45, 7) is 7.43. The van der Waals surface area contributed by atoms with Gasteiger partial charge in [0.25, 0.3) is 0 Å². The molecule has 1 aromatic rings. The Balaban J connectivity index is 2.96. The molecule has 0 unspecified atom stereocenters. The van der Waals surface area contributed by atoms with E-state index in [-0.39, 0.29) is 10.1 Å². The van der Waals surface area contributed by atoms with Crippen molar-refractivity contribution in [2.75, 3.05) is 0 Å². The number of aliphatic hydroxyl groups excluding tert-OH is 1. The minimum atomic E-state index is -3.67. The van der Waals surface area contributed by atoms with Crippen molar-refractivity contribution in [1.82, 2.24) is 4.72 Å². The van der Waals surface area contributed by atoms with Crippen LogP contribution in [0.5, 0.6) is 0 Å². The van der Waals surface area contributed by atoms with Crippen molar-refractivity contribution in [2.24, 2.45) is 5.92 Å². The highest BCUT2D eigenvalue weighted by molar-refractivity contribution is 7.91. The molecule has 0 fully saturated rings. The Morgan fingerprint density at radius 2 is 2.20 bits per heavy atom. The Morgan fingerprint density at radius 3 is 2.65 bits per heavy atom. The number of sulfonamides is 1. The average molecular weight is 338 g/mol. The highest BCUT2D eigenvalue weighted by atomic mass is 35.5. The molecule has 0 spiro atoms. The summed E-state index contributed by atoms with van der Waals surface area (Å²) in [5, 5.41) is 10.1. The van der Waals surface area contributed by atoms with Crippen molar-refractivity contribution < 1.29 is 13.5 Å². The van der Waals surface area contributed by atoms with Gasteiger partial charge in [0, 0.05) is 0 Å². The molecule has 4 nitrogen and oxygen atoms in total. The quantitative estimate of drug-likeness (QED) is 0.716. The molecule has 0 saturated carbocycles. The maximum Gasteiger partial charge on any atom is 0.250 e. The lowest BCUT2D eigenvalue weighted by Gasteiger charge is -2.28. The minimum Gasteiger partial charge on any atom is -0.391 e. The van der Waals surface area contributed by atoms with E-state index in [0.29, 0.717) is 10.8 Å². The number of hydrogen-bond acceptors (Lipinski definition) is 4. The van der Waals surface area contributed by atoms with Crippen molar-refractivity contribution in [1.29, 1.82) is 0 Å². The zero-order valence-corrected chi connectivity index (χ0v) is 13.9. The number of aliphatic hydroxyl groups is 1. The first-order valence-corrected chi connectivity index (χ1v) is 9.06. The van der Waals surface area contributed by atoms with Gasteiger partial charge < -0.3 is 5.11 Å². The maximum atomic E-state index is 12.3. The number of hydrogen-bond donors (Lipinski definition) is 2. The second kappa shape index (κ2) is 7.56. The topological polar surface area (TPSA) is 66.4 Å². The fourth-order valence-corrected chi connectivity index (χ4v) is 4.70. The summed E-state index contributed by atoms with van der Waals surface area (Å²) < 4.78 is 27.7. The summed E-state index contributed by atoms with van der Waals surface area (Å²) in [5.41, 5.74) is 0. The third kappa shape index (κ3) is 4.56. The second-order valence-electron chi connectivity index (χ2n) is 4.68. The van der Waals surface area contributed by atoms with Gasteiger partial charge in [-0.2, -0.15) is 0 Å². The summed E-state index contributed by atoms with van der Waals surface area (Å²) in [6.07, 6.45) is 1.87. The SMILES string of the molecule is C=CC[C@@H](O)[C@@H](NS(=O)(=O)c1ccc(Cl)s1)[C@@H](C)CC. The Labute approximate surface area is 129 Å². The zero-order valence-electron chi connectivity index (χ0n) is 11.5. The molecule has 2 N–H and O–H groups in total. The van der Waals surface area contributed by atoms with Crippen LogP contribution >= 0.6 is 22.9 Å². The van der Waals surface area contributed by atoms with Gasteiger partial charge in [0.2, 0.25) is 10.0 Å². The van der Waals surface area contributed by atoms with Crippen molar-refractivity contribution in [3.05, 3.63) is 29.1 Å². The molecule has 1 aromatic heterocycles. The maximum absolute atomic E-state index is 12.3. The van der Waals surface area contributed by atoms with Crippen LogP contribution in [0.2, 0.25) is 4.34 Å². The Bertz CT molecular complexity index is 542. The smallest absolute Gasteiger partial charge is 0.250 e. The van der Waals surface area contributed by atoms with Gasteiger partial charge in [-0.25, -0.2) is 13.1 Å². The number of nitrogens with one attached hydrogen (secondary N) is 1. The molecule has 0 radical (unpaired) electrons. The highest BCUT2D eigenvalue weighted by Crippen LogP contribution is 2.26. The van der Waals surface area contributed by atoms with E-state index in [1.54, 1.807) is 12.1 Å². The van der Waals surface area contributed by atoms with Crippen molar-refractivity contribution in [2.45, 2.75) is 43.0 Å². The molecule has 0 aliphatic rings. The summed E-state index contributed by atoms with van der Waals surface area (Å²) >= 11 is 6.76. The fourth-order valence-electron chi connectivity index (χ4n) is 1.82. The first kappa shape index (κ1) is 17.7. The minimum absolute atomic E-state index is 0.00941. The van der Waals surface area contributed by atoms with E-state index in [1.807, 2.05) is 13.8 Å². The van der Waals surface area contributed by atoms with Gasteiger partial charge in [0.15, 0.2) is 0 Å². The van der Waals surface area contributed by atoms with E-state index in [2.05, 4.69) is 11.3 Å². The van der Waals surface area contributed by atoms with Crippen LogP contribution in [0.4, 0.5) is 0 Å². The fraction of sp³-hybridized carbons (Fsp3) is 0.538. The van der Waals surface area contributed by atoms with Crippen LogP contribution in [0.15, 0.2) is 29.0 Å². The molecule has 1 rings (SSSR count). The van der Waals surface area contributed by atoms with Crippen LogP contribution in [0.3, 0.4) is 0 Å². The van der Waals surface area contributed by atoms with Crippen LogP contribution in [-0.4, -0.2) is 25.7 Å². The molecule has 0 amide bonds.